The van der Waals surface area contributed by atoms with Gasteiger partial charge >= 0.3 is 0 Å². The zero-order valence-corrected chi connectivity index (χ0v) is 29.5. The van der Waals surface area contributed by atoms with Crippen molar-refractivity contribution in [1.29, 1.82) is 0 Å². The second-order valence-electron chi connectivity index (χ2n) is 11.7. The van der Waals surface area contributed by atoms with Crippen LogP contribution in [0.15, 0.2) is 59.7 Å². The van der Waals surface area contributed by atoms with E-state index >= 15 is 0 Å². The molecule has 47 heavy (non-hydrogen) atoms. The molecule has 0 aliphatic carbocycles. The molecule has 15 heteroatoms. The number of halogens is 1. The number of piperazine rings is 1. The standard InChI is InChI=1S/C32H38BrN10O3P/c1-41-20-21(18-37-41)22-16-26(28(46-3)17-27(22)43-12-10-42(11-13-43)14-15-45-2)39-32-36-19-23(33)31(40-32)38-25-7-6-24-29(35-9-8-34-24)30(25)47(4,5)44/h6-9,16-20H,10-15H2,1-5H3,(H2,36,38,39,40). The average Bonchev–Trinajstić information content (AvgIpc) is 3.50. The van der Waals surface area contributed by atoms with Gasteiger partial charge < -0.3 is 29.6 Å². The van der Waals surface area contributed by atoms with Crippen LogP contribution in [0.5, 0.6) is 5.75 Å². The predicted molar refractivity (Wildman–Crippen MR) is 191 cm³/mol. The van der Waals surface area contributed by atoms with Crippen molar-refractivity contribution in [3.63, 3.8) is 0 Å². The fourth-order valence-electron chi connectivity index (χ4n) is 5.75. The second kappa shape index (κ2) is 13.9. The van der Waals surface area contributed by atoms with Crippen LogP contribution in [-0.4, -0.2) is 101 Å². The number of methoxy groups -OCH3 is 2. The third-order valence-corrected chi connectivity index (χ3v) is 10.2. The number of ether oxygens (including phenoxy) is 2. The molecule has 1 aliphatic rings. The highest BCUT2D eigenvalue weighted by molar-refractivity contribution is 9.10. The summed E-state index contributed by atoms with van der Waals surface area (Å²) in [6.45, 7) is 8.73. The molecule has 0 unspecified atom stereocenters. The van der Waals surface area contributed by atoms with Gasteiger partial charge in [0.15, 0.2) is 0 Å². The Hall–Kier alpha value is -4.10. The first-order chi connectivity index (χ1) is 22.6. The van der Waals surface area contributed by atoms with Crippen LogP contribution in [-0.2, 0) is 16.3 Å². The van der Waals surface area contributed by atoms with Crippen LogP contribution in [0.2, 0.25) is 0 Å². The quantitative estimate of drug-likeness (QED) is 0.176. The number of aromatic nitrogens is 6. The van der Waals surface area contributed by atoms with Crippen LogP contribution in [0, 0.1) is 0 Å². The van der Waals surface area contributed by atoms with Crippen molar-refractivity contribution < 1.29 is 14.0 Å². The van der Waals surface area contributed by atoms with Gasteiger partial charge in [-0.05, 0) is 47.5 Å². The van der Waals surface area contributed by atoms with Crippen LogP contribution in [0.1, 0.15) is 0 Å². The molecule has 5 aromatic rings. The number of fused-ring (bicyclic) bond motifs is 1. The normalized spacial score (nSPS) is 14.0. The number of benzene rings is 2. The number of anilines is 5. The van der Waals surface area contributed by atoms with Gasteiger partial charge in [0.2, 0.25) is 5.95 Å². The smallest absolute Gasteiger partial charge is 0.229 e. The monoisotopic (exact) mass is 720 g/mol. The number of nitrogens with one attached hydrogen (secondary N) is 2. The summed E-state index contributed by atoms with van der Waals surface area (Å²) in [6, 6.07) is 7.83. The molecule has 6 rings (SSSR count). The van der Waals surface area contributed by atoms with E-state index < -0.39 is 7.14 Å². The van der Waals surface area contributed by atoms with E-state index in [1.54, 1.807) is 50.8 Å². The fourth-order valence-corrected chi connectivity index (χ4v) is 7.44. The zero-order chi connectivity index (χ0) is 33.1. The summed E-state index contributed by atoms with van der Waals surface area (Å²) in [4.78, 5) is 23.0. The maximum atomic E-state index is 13.5. The number of hydrogen-bond donors (Lipinski definition) is 2. The fraction of sp³-hybridized carbons (Fsp3) is 0.344. The summed E-state index contributed by atoms with van der Waals surface area (Å²) < 4.78 is 27.1. The SMILES string of the molecule is COCCN1CCN(c2cc(OC)c(Nc3ncc(Br)c(Nc4ccc5nccnc5c4P(C)(C)=O)n3)cc2-c2cnn(C)c2)CC1. The summed E-state index contributed by atoms with van der Waals surface area (Å²) in [7, 11) is 2.54. The first kappa shape index (κ1) is 32.8. The van der Waals surface area contributed by atoms with E-state index in [1.807, 2.05) is 31.6 Å². The molecule has 1 aliphatic heterocycles. The molecule has 0 saturated carbocycles. The van der Waals surface area contributed by atoms with Crippen LogP contribution in [0.25, 0.3) is 22.2 Å². The lowest BCUT2D eigenvalue weighted by Gasteiger charge is -2.37. The van der Waals surface area contributed by atoms with Gasteiger partial charge in [0.25, 0.3) is 0 Å². The third kappa shape index (κ3) is 7.25. The summed E-state index contributed by atoms with van der Waals surface area (Å²) in [6.07, 6.45) is 8.78. The molecule has 246 valence electrons. The Bertz CT molecular complexity index is 1940. The molecule has 1 saturated heterocycles. The van der Waals surface area contributed by atoms with Gasteiger partial charge in [-0.25, -0.2) is 4.98 Å². The minimum Gasteiger partial charge on any atom is -0.494 e. The number of rotatable bonds is 11. The van der Waals surface area contributed by atoms with E-state index in [2.05, 4.69) is 68.5 Å². The lowest BCUT2D eigenvalue weighted by molar-refractivity contribution is 0.144. The highest BCUT2D eigenvalue weighted by atomic mass is 79.9. The Morgan fingerprint density at radius 1 is 0.979 bits per heavy atom. The van der Waals surface area contributed by atoms with Crippen molar-refractivity contribution >= 4 is 68.2 Å². The minimum absolute atomic E-state index is 0.351. The van der Waals surface area contributed by atoms with E-state index in [0.29, 0.717) is 49.7 Å². The Balaban J connectivity index is 1.33. The molecule has 0 amide bonds. The Morgan fingerprint density at radius 3 is 2.47 bits per heavy atom. The van der Waals surface area contributed by atoms with Crippen molar-refractivity contribution in [3.05, 3.63) is 59.7 Å². The number of aryl methyl sites for hydroxylation is 1. The maximum Gasteiger partial charge on any atom is 0.229 e. The van der Waals surface area contributed by atoms with Crippen molar-refractivity contribution in [2.75, 3.05) is 82.4 Å². The van der Waals surface area contributed by atoms with Crippen LogP contribution >= 0.6 is 23.1 Å². The van der Waals surface area contributed by atoms with Gasteiger partial charge in [0.1, 0.15) is 24.2 Å². The van der Waals surface area contributed by atoms with E-state index in [0.717, 1.165) is 56.1 Å². The van der Waals surface area contributed by atoms with Gasteiger partial charge in [0, 0.05) is 94.5 Å². The van der Waals surface area contributed by atoms with Gasteiger partial charge in [-0.15, -0.1) is 0 Å². The van der Waals surface area contributed by atoms with E-state index in [-0.39, 0.29) is 0 Å². The van der Waals surface area contributed by atoms with E-state index in [9.17, 15) is 4.57 Å². The highest BCUT2D eigenvalue weighted by Crippen LogP contribution is 2.42. The summed E-state index contributed by atoms with van der Waals surface area (Å²) in [5, 5.41) is 11.8. The van der Waals surface area contributed by atoms with Gasteiger partial charge in [-0.3, -0.25) is 19.5 Å². The molecule has 2 N–H and O–H groups in total. The van der Waals surface area contributed by atoms with Crippen molar-refractivity contribution in [2.45, 2.75) is 0 Å². The van der Waals surface area contributed by atoms with Crippen LogP contribution < -0.4 is 25.6 Å². The summed E-state index contributed by atoms with van der Waals surface area (Å²) >= 11 is 3.58. The molecule has 13 nitrogen and oxygen atoms in total. The summed E-state index contributed by atoms with van der Waals surface area (Å²) in [5.74, 6) is 1.50. The highest BCUT2D eigenvalue weighted by Gasteiger charge is 2.24. The predicted octanol–water partition coefficient (Wildman–Crippen LogP) is 5.10. The zero-order valence-electron chi connectivity index (χ0n) is 27.1. The van der Waals surface area contributed by atoms with Crippen LogP contribution in [0.4, 0.5) is 28.8 Å². The largest absolute Gasteiger partial charge is 0.494 e. The Kier molecular flexibility index (Phi) is 9.74. The molecule has 1 fully saturated rings. The van der Waals surface area contributed by atoms with Gasteiger partial charge in [-0.2, -0.15) is 10.1 Å². The second-order valence-corrected chi connectivity index (χ2v) is 15.7. The molecule has 3 aromatic heterocycles. The Morgan fingerprint density at radius 2 is 1.77 bits per heavy atom. The molecule has 0 bridgehead atoms. The lowest BCUT2D eigenvalue weighted by atomic mass is 10.0. The lowest BCUT2D eigenvalue weighted by Crippen LogP contribution is -2.47. The molecule has 2 aromatic carbocycles. The van der Waals surface area contributed by atoms with Crippen molar-refractivity contribution in [2.24, 2.45) is 7.05 Å². The van der Waals surface area contributed by atoms with Gasteiger partial charge in [0.05, 0.1) is 46.6 Å². The maximum absolute atomic E-state index is 13.5. The van der Waals surface area contributed by atoms with E-state index in [4.69, 9.17) is 14.5 Å². The first-order valence-corrected chi connectivity index (χ1v) is 18.6. The molecule has 0 spiro atoms. The van der Waals surface area contributed by atoms with Crippen LogP contribution in [0.3, 0.4) is 0 Å². The molecule has 0 atom stereocenters. The number of nitrogens with zero attached hydrogens (tertiary/aromatic N) is 8. The average molecular weight is 722 g/mol. The third-order valence-electron chi connectivity index (χ3n) is 8.05. The van der Waals surface area contributed by atoms with Crippen molar-refractivity contribution in [3.8, 4) is 16.9 Å². The van der Waals surface area contributed by atoms with E-state index in [1.165, 1.54) is 0 Å². The molecule has 0 radical (unpaired) electrons. The van der Waals surface area contributed by atoms with Gasteiger partial charge in [-0.1, -0.05) is 0 Å². The number of hydrogen-bond acceptors (Lipinski definition) is 12. The topological polar surface area (TPSA) is 135 Å². The first-order valence-electron chi connectivity index (χ1n) is 15.2. The molecular formula is C32H38BrN10O3P. The van der Waals surface area contributed by atoms with Crippen molar-refractivity contribution in [1.82, 2.24) is 34.6 Å². The molecular weight excluding hydrogens is 683 g/mol. The summed E-state index contributed by atoms with van der Waals surface area (Å²) in [5.41, 5.74) is 5.69. The Labute approximate surface area is 282 Å². The minimum atomic E-state index is -2.76. The molecule has 4 heterocycles.